The first-order chi connectivity index (χ1) is 13.6. The first-order valence-electron chi connectivity index (χ1n) is 9.16. The predicted octanol–water partition coefficient (Wildman–Crippen LogP) is 3.93. The minimum Gasteiger partial charge on any atom is -0.324 e. The van der Waals surface area contributed by atoms with Crippen molar-refractivity contribution in [1.82, 2.24) is 4.90 Å². The van der Waals surface area contributed by atoms with Crippen molar-refractivity contribution in [2.75, 3.05) is 11.9 Å². The van der Waals surface area contributed by atoms with E-state index in [1.54, 1.807) is 23.1 Å². The van der Waals surface area contributed by atoms with Crippen molar-refractivity contribution in [3.05, 3.63) is 58.8 Å². The van der Waals surface area contributed by atoms with E-state index in [9.17, 15) is 14.4 Å². The average molecular weight is 413 g/mol. The number of rotatable bonds is 6. The van der Waals surface area contributed by atoms with E-state index in [2.05, 4.69) is 16.8 Å². The van der Waals surface area contributed by atoms with Gasteiger partial charge in [-0.2, -0.15) is 11.3 Å². The van der Waals surface area contributed by atoms with Crippen LogP contribution in [0.2, 0.25) is 0 Å². The first-order valence-corrected chi connectivity index (χ1v) is 11.1. The van der Waals surface area contributed by atoms with Crippen LogP contribution in [0, 0.1) is 11.8 Å². The Kier molecular flexibility index (Phi) is 5.64. The number of amides is 3. The Bertz CT molecular complexity index is 897. The summed E-state index contributed by atoms with van der Waals surface area (Å²) in [6.07, 6.45) is 5.04. The van der Waals surface area contributed by atoms with E-state index in [0.717, 1.165) is 15.5 Å². The van der Waals surface area contributed by atoms with Crippen LogP contribution >= 0.6 is 23.1 Å². The van der Waals surface area contributed by atoms with E-state index in [1.807, 2.05) is 41.8 Å². The summed E-state index contributed by atoms with van der Waals surface area (Å²) >= 11 is 3.30. The highest BCUT2D eigenvalue weighted by molar-refractivity contribution is 7.98. The molecule has 2 aromatic rings. The molecule has 1 aromatic heterocycles. The summed E-state index contributed by atoms with van der Waals surface area (Å²) in [4.78, 5) is 39.7. The lowest BCUT2D eigenvalue weighted by atomic mass is 9.85. The fourth-order valence-corrected chi connectivity index (χ4v) is 5.32. The Hall–Kier alpha value is -2.38. The van der Waals surface area contributed by atoms with Gasteiger partial charge in [-0.25, -0.2) is 0 Å². The number of hydrogen-bond acceptors (Lipinski definition) is 5. The molecule has 1 aliphatic carbocycles. The third-order valence-corrected chi connectivity index (χ3v) is 6.91. The van der Waals surface area contributed by atoms with Crippen molar-refractivity contribution in [2.45, 2.75) is 23.5 Å². The Labute approximate surface area is 171 Å². The fraction of sp³-hybridized carbons (Fsp3) is 0.286. The number of benzene rings is 1. The molecule has 1 fully saturated rings. The van der Waals surface area contributed by atoms with E-state index in [-0.39, 0.29) is 36.1 Å². The summed E-state index contributed by atoms with van der Waals surface area (Å²) in [5.74, 6) is -0.603. The largest absolute Gasteiger partial charge is 0.324 e. The van der Waals surface area contributed by atoms with E-state index < -0.39 is 0 Å². The minimum atomic E-state index is -0.350. The number of thiophene rings is 1. The van der Waals surface area contributed by atoms with Gasteiger partial charge in [0.15, 0.2) is 0 Å². The lowest BCUT2D eigenvalue weighted by molar-refractivity contribution is -0.142. The molecule has 0 radical (unpaired) electrons. The van der Waals surface area contributed by atoms with E-state index in [1.165, 1.54) is 5.56 Å². The van der Waals surface area contributed by atoms with Gasteiger partial charge in [-0.1, -0.05) is 24.3 Å². The van der Waals surface area contributed by atoms with Crippen LogP contribution in [0.5, 0.6) is 0 Å². The maximum Gasteiger partial charge on any atom is 0.244 e. The minimum absolute atomic E-state index is 0.227. The Balaban J connectivity index is 1.40. The van der Waals surface area contributed by atoms with Crippen LogP contribution in [0.3, 0.4) is 0 Å². The molecular formula is C21H20N2O3S2. The van der Waals surface area contributed by atoms with Gasteiger partial charge in [0.25, 0.3) is 0 Å². The quantitative estimate of drug-likeness (QED) is 0.444. The monoisotopic (exact) mass is 412 g/mol. The highest BCUT2D eigenvalue weighted by Crippen LogP contribution is 2.35. The van der Waals surface area contributed by atoms with Gasteiger partial charge < -0.3 is 5.32 Å². The first kappa shape index (κ1) is 19.0. The van der Waals surface area contributed by atoms with E-state index >= 15 is 0 Å². The Morgan fingerprint density at radius 3 is 2.50 bits per heavy atom. The van der Waals surface area contributed by atoms with Crippen LogP contribution < -0.4 is 5.32 Å². The van der Waals surface area contributed by atoms with Crippen molar-refractivity contribution in [3.63, 3.8) is 0 Å². The number of nitrogens with one attached hydrogen (secondary N) is 1. The number of para-hydroxylation sites is 1. The van der Waals surface area contributed by atoms with Gasteiger partial charge in [-0.15, -0.1) is 11.8 Å². The normalized spacial score (nSPS) is 21.1. The SMILES string of the molecule is O=C(CN1C(=O)[C@H]2CC=CC[C@H]2C1=O)Nc1ccccc1SCc1ccsc1. The maximum atomic E-state index is 12.6. The molecule has 144 valence electrons. The molecule has 5 nitrogen and oxygen atoms in total. The topological polar surface area (TPSA) is 66.5 Å². The molecule has 4 rings (SSSR count). The number of thioether (sulfide) groups is 1. The van der Waals surface area contributed by atoms with E-state index in [4.69, 9.17) is 0 Å². The second-order valence-corrected chi connectivity index (χ2v) is 8.68. The number of carbonyl (C=O) groups is 3. The summed E-state index contributed by atoms with van der Waals surface area (Å²) in [5.41, 5.74) is 1.94. The van der Waals surface area contributed by atoms with Crippen LogP contribution in [0.1, 0.15) is 18.4 Å². The number of imide groups is 1. The molecule has 2 atom stereocenters. The van der Waals surface area contributed by atoms with Gasteiger partial charge >= 0.3 is 0 Å². The number of anilines is 1. The number of allylic oxidation sites excluding steroid dienone is 2. The second-order valence-electron chi connectivity index (χ2n) is 6.88. The van der Waals surface area contributed by atoms with Gasteiger partial charge in [0.1, 0.15) is 6.54 Å². The van der Waals surface area contributed by atoms with Crippen molar-refractivity contribution in [1.29, 1.82) is 0 Å². The van der Waals surface area contributed by atoms with Crippen molar-refractivity contribution in [2.24, 2.45) is 11.8 Å². The van der Waals surface area contributed by atoms with Crippen molar-refractivity contribution >= 4 is 46.5 Å². The molecule has 1 aromatic carbocycles. The average Bonchev–Trinajstić information content (AvgIpc) is 3.31. The third kappa shape index (κ3) is 3.91. The number of nitrogens with zero attached hydrogens (tertiary/aromatic N) is 1. The molecule has 2 heterocycles. The predicted molar refractivity (Wildman–Crippen MR) is 111 cm³/mol. The lowest BCUT2D eigenvalue weighted by Crippen LogP contribution is -2.38. The van der Waals surface area contributed by atoms with Crippen LogP contribution in [0.4, 0.5) is 5.69 Å². The zero-order valence-corrected chi connectivity index (χ0v) is 16.8. The number of hydrogen-bond donors (Lipinski definition) is 1. The molecule has 0 unspecified atom stereocenters. The summed E-state index contributed by atoms with van der Waals surface area (Å²) in [6.45, 7) is -0.228. The standard InChI is InChI=1S/C21H20N2O3S2/c24-19(11-23-20(25)15-5-1-2-6-16(15)21(23)26)22-17-7-3-4-8-18(17)28-13-14-9-10-27-12-14/h1-4,7-10,12,15-16H,5-6,11,13H2,(H,22,24)/t15-,16+. The highest BCUT2D eigenvalue weighted by Gasteiger charge is 2.47. The molecule has 2 aliphatic rings. The van der Waals surface area contributed by atoms with Crippen LogP contribution in [0.15, 0.2) is 58.1 Å². The number of fused-ring (bicyclic) bond motifs is 1. The molecule has 3 amide bonds. The lowest BCUT2D eigenvalue weighted by Gasteiger charge is -2.16. The van der Waals surface area contributed by atoms with Gasteiger partial charge in [-0.3, -0.25) is 19.3 Å². The van der Waals surface area contributed by atoms with Crippen LogP contribution in [0.25, 0.3) is 0 Å². The van der Waals surface area contributed by atoms with Crippen LogP contribution in [-0.4, -0.2) is 29.2 Å². The smallest absolute Gasteiger partial charge is 0.244 e. The summed E-state index contributed by atoms with van der Waals surface area (Å²) in [6, 6.07) is 9.66. The summed E-state index contributed by atoms with van der Waals surface area (Å²) in [7, 11) is 0. The molecule has 28 heavy (non-hydrogen) atoms. The maximum absolute atomic E-state index is 12.6. The zero-order chi connectivity index (χ0) is 19.5. The van der Waals surface area contributed by atoms with Crippen molar-refractivity contribution in [3.8, 4) is 0 Å². The number of carbonyl (C=O) groups excluding carboxylic acids is 3. The van der Waals surface area contributed by atoms with Gasteiger partial charge in [0, 0.05) is 10.6 Å². The summed E-state index contributed by atoms with van der Waals surface area (Å²) < 4.78 is 0. The molecule has 1 N–H and O–H groups in total. The van der Waals surface area contributed by atoms with Gasteiger partial charge in [0.05, 0.1) is 17.5 Å². The second kappa shape index (κ2) is 8.32. The molecule has 1 aliphatic heterocycles. The third-order valence-electron chi connectivity index (χ3n) is 5.04. The molecule has 0 spiro atoms. The Morgan fingerprint density at radius 1 is 1.11 bits per heavy atom. The molecular weight excluding hydrogens is 392 g/mol. The molecule has 1 saturated heterocycles. The fourth-order valence-electron chi connectivity index (χ4n) is 3.59. The summed E-state index contributed by atoms with van der Waals surface area (Å²) in [5, 5.41) is 7.02. The highest BCUT2D eigenvalue weighted by atomic mass is 32.2. The van der Waals surface area contributed by atoms with Crippen molar-refractivity contribution < 1.29 is 14.4 Å². The van der Waals surface area contributed by atoms with E-state index in [0.29, 0.717) is 18.5 Å². The molecule has 0 saturated carbocycles. The number of likely N-dealkylation sites (tertiary alicyclic amines) is 1. The molecule has 0 bridgehead atoms. The Morgan fingerprint density at radius 2 is 1.82 bits per heavy atom. The van der Waals surface area contributed by atoms with Gasteiger partial charge in [0.2, 0.25) is 17.7 Å². The van der Waals surface area contributed by atoms with Gasteiger partial charge in [-0.05, 0) is 47.4 Å². The van der Waals surface area contributed by atoms with Crippen LogP contribution in [-0.2, 0) is 20.1 Å². The molecule has 7 heteroatoms. The zero-order valence-electron chi connectivity index (χ0n) is 15.2.